The molecule has 188 valence electrons. The van der Waals surface area contributed by atoms with Gasteiger partial charge in [0.05, 0.1) is 0 Å². The quantitative estimate of drug-likeness (QED) is 0.388. The average molecular weight is 502 g/mol. The van der Waals surface area contributed by atoms with Crippen LogP contribution in [0, 0.1) is 0 Å². The van der Waals surface area contributed by atoms with Crippen molar-refractivity contribution in [1.29, 1.82) is 0 Å². The van der Waals surface area contributed by atoms with Crippen molar-refractivity contribution in [3.05, 3.63) is 59.0 Å². The van der Waals surface area contributed by atoms with Crippen molar-refractivity contribution in [2.45, 2.75) is 33.9 Å². The summed E-state index contributed by atoms with van der Waals surface area (Å²) in [7, 11) is 0. The first kappa shape index (κ1) is 26.4. The second-order valence-corrected chi connectivity index (χ2v) is 9.08. The van der Waals surface area contributed by atoms with Gasteiger partial charge in [0, 0.05) is 50.0 Å². The number of thiazole rings is 1. The Balaban J connectivity index is 0.00000342. The number of nitrogens with one attached hydrogen (secondary N) is 1. The Labute approximate surface area is 209 Å². The van der Waals surface area contributed by atoms with E-state index in [9.17, 15) is 14.3 Å². The van der Waals surface area contributed by atoms with E-state index in [0.29, 0.717) is 15.6 Å². The Hall–Kier alpha value is -3.21. The molecular formula is C25H32FN5O3S. The van der Waals surface area contributed by atoms with Crippen LogP contribution in [-0.4, -0.2) is 59.5 Å². The van der Waals surface area contributed by atoms with Crippen molar-refractivity contribution in [1.82, 2.24) is 9.88 Å². The third kappa shape index (κ3) is 6.47. The maximum Gasteiger partial charge on any atom is 0.235 e. The molecule has 10 heteroatoms. The number of hydrogen-bond donors (Lipinski definition) is 3. The highest BCUT2D eigenvalue weighted by Crippen LogP contribution is 2.31. The normalized spacial score (nSPS) is 15.7. The van der Waals surface area contributed by atoms with Crippen molar-refractivity contribution in [2.75, 3.05) is 42.1 Å². The zero-order chi connectivity index (χ0) is 24.2. The standard InChI is InChI=1S/C24H28FN5O3S.CH4/c1-15(25)33-20-5-3-4-17(14-20)21(32)22-23(26)28-24(34-22)27-18-6-8-19(9-7-18)30-12-10-29(11-13-30)16(2)31;/h3-9,14-16,31H,10-13,26H2,1-2H3,(H,27,28);1H4. The third-order valence-electron chi connectivity index (χ3n) is 5.58. The lowest BCUT2D eigenvalue weighted by Gasteiger charge is -2.37. The van der Waals surface area contributed by atoms with Gasteiger partial charge in [0.25, 0.3) is 0 Å². The number of aliphatic hydroxyl groups is 1. The van der Waals surface area contributed by atoms with Crippen molar-refractivity contribution in [3.63, 3.8) is 0 Å². The lowest BCUT2D eigenvalue weighted by atomic mass is 10.1. The van der Waals surface area contributed by atoms with E-state index >= 15 is 0 Å². The molecule has 8 nitrogen and oxygen atoms in total. The molecule has 4 N–H and O–H groups in total. The van der Waals surface area contributed by atoms with Crippen LogP contribution in [0.15, 0.2) is 48.5 Å². The molecule has 2 atom stereocenters. The summed E-state index contributed by atoms with van der Waals surface area (Å²) in [4.78, 5) is 21.9. The molecule has 0 saturated carbocycles. The van der Waals surface area contributed by atoms with E-state index in [1.165, 1.54) is 13.0 Å². The van der Waals surface area contributed by atoms with Crippen LogP contribution in [-0.2, 0) is 0 Å². The second-order valence-electron chi connectivity index (χ2n) is 8.08. The number of ketones is 1. The van der Waals surface area contributed by atoms with Crippen molar-refractivity contribution in [2.24, 2.45) is 0 Å². The number of aromatic nitrogens is 1. The van der Waals surface area contributed by atoms with E-state index in [1.807, 2.05) is 29.2 Å². The summed E-state index contributed by atoms with van der Waals surface area (Å²) in [5.74, 6) is 0.108. The predicted octanol–water partition coefficient (Wildman–Crippen LogP) is 4.49. The minimum Gasteiger partial charge on any atom is -0.461 e. The minimum atomic E-state index is -1.48. The first-order chi connectivity index (χ1) is 16.3. The number of benzene rings is 2. The third-order valence-corrected chi connectivity index (χ3v) is 6.57. The van der Waals surface area contributed by atoms with E-state index in [-0.39, 0.29) is 24.8 Å². The predicted molar refractivity (Wildman–Crippen MR) is 140 cm³/mol. The number of nitrogens with zero attached hydrogens (tertiary/aromatic N) is 3. The van der Waals surface area contributed by atoms with Gasteiger partial charge in [-0.2, -0.15) is 0 Å². The monoisotopic (exact) mass is 501 g/mol. The van der Waals surface area contributed by atoms with Crippen LogP contribution in [0.25, 0.3) is 0 Å². The summed E-state index contributed by atoms with van der Waals surface area (Å²) >= 11 is 1.16. The molecule has 1 aromatic heterocycles. The number of anilines is 4. The molecule has 0 aliphatic carbocycles. The van der Waals surface area contributed by atoms with Gasteiger partial charge in [0.1, 0.15) is 22.7 Å². The van der Waals surface area contributed by atoms with Crippen LogP contribution in [0.1, 0.15) is 36.5 Å². The molecule has 0 bridgehead atoms. The van der Waals surface area contributed by atoms with Gasteiger partial charge < -0.3 is 25.8 Å². The van der Waals surface area contributed by atoms with E-state index < -0.39 is 12.6 Å². The highest BCUT2D eigenvalue weighted by molar-refractivity contribution is 7.18. The van der Waals surface area contributed by atoms with E-state index in [2.05, 4.69) is 15.2 Å². The number of hydrogen-bond acceptors (Lipinski definition) is 9. The summed E-state index contributed by atoms with van der Waals surface area (Å²) in [6.07, 6.45) is -1.90. The molecule has 35 heavy (non-hydrogen) atoms. The molecule has 0 radical (unpaired) electrons. The minimum absolute atomic E-state index is 0. The van der Waals surface area contributed by atoms with Crippen LogP contribution in [0.5, 0.6) is 5.75 Å². The largest absolute Gasteiger partial charge is 0.461 e. The Kier molecular flexibility index (Phi) is 8.66. The molecule has 2 heterocycles. The Morgan fingerprint density at radius 2 is 1.86 bits per heavy atom. The fraction of sp³-hybridized carbons (Fsp3) is 0.360. The topological polar surface area (TPSA) is 104 Å². The van der Waals surface area contributed by atoms with Gasteiger partial charge in [-0.15, -0.1) is 0 Å². The number of alkyl halides is 1. The fourth-order valence-electron chi connectivity index (χ4n) is 3.81. The van der Waals surface area contributed by atoms with Gasteiger partial charge in [-0.1, -0.05) is 30.9 Å². The van der Waals surface area contributed by atoms with Gasteiger partial charge in [0.2, 0.25) is 12.1 Å². The molecule has 2 unspecified atom stereocenters. The number of nitrogens with two attached hydrogens (primary N) is 1. The van der Waals surface area contributed by atoms with Gasteiger partial charge in [0.15, 0.2) is 5.13 Å². The number of carbonyl (C=O) groups excluding carboxylic acids is 1. The average Bonchev–Trinajstić information content (AvgIpc) is 3.18. The summed E-state index contributed by atoms with van der Waals surface area (Å²) < 4.78 is 18.2. The molecule has 1 aliphatic heterocycles. The molecule has 3 aromatic rings. The molecule has 4 rings (SSSR count). The van der Waals surface area contributed by atoms with Crippen LogP contribution in [0.4, 0.5) is 26.7 Å². The molecule has 0 amide bonds. The number of ether oxygens (including phenoxy) is 1. The van der Waals surface area contributed by atoms with Gasteiger partial charge in [-0.25, -0.2) is 9.37 Å². The van der Waals surface area contributed by atoms with E-state index in [4.69, 9.17) is 10.5 Å². The second kappa shape index (κ2) is 11.5. The lowest BCUT2D eigenvalue weighted by Crippen LogP contribution is -2.49. The molecular weight excluding hydrogens is 469 g/mol. The van der Waals surface area contributed by atoms with Crippen molar-refractivity contribution in [3.8, 4) is 5.75 Å². The number of halogens is 1. The van der Waals surface area contributed by atoms with E-state index in [1.54, 1.807) is 25.1 Å². The Morgan fingerprint density at radius 3 is 2.49 bits per heavy atom. The molecule has 0 spiro atoms. The highest BCUT2D eigenvalue weighted by Gasteiger charge is 2.21. The lowest BCUT2D eigenvalue weighted by molar-refractivity contribution is 0.0153. The SMILES string of the molecule is C.CC(F)Oc1cccc(C(=O)c2sc(Nc3ccc(N4CCN(C(C)O)CC4)cc3)nc2N)c1. The molecule has 1 fully saturated rings. The zero-order valence-corrected chi connectivity index (χ0v) is 19.9. The number of nitrogen functional groups attached to an aromatic ring is 1. The first-order valence-corrected chi connectivity index (χ1v) is 11.9. The van der Waals surface area contributed by atoms with Crippen molar-refractivity contribution < 1.29 is 19.0 Å². The molecule has 1 saturated heterocycles. The number of carbonyl (C=O) groups is 1. The van der Waals surface area contributed by atoms with Crippen LogP contribution in [0.3, 0.4) is 0 Å². The van der Waals surface area contributed by atoms with Crippen LogP contribution >= 0.6 is 11.3 Å². The summed E-state index contributed by atoms with van der Waals surface area (Å²) in [5, 5.41) is 13.4. The number of aliphatic hydroxyl groups excluding tert-OH is 1. The maximum atomic E-state index is 13.1. The van der Waals surface area contributed by atoms with Crippen LogP contribution < -0.4 is 20.7 Å². The summed E-state index contributed by atoms with van der Waals surface area (Å²) in [6, 6.07) is 14.3. The first-order valence-electron chi connectivity index (χ1n) is 11.1. The van der Waals surface area contributed by atoms with Gasteiger partial charge in [-0.05, 0) is 43.3 Å². The van der Waals surface area contributed by atoms with Crippen LogP contribution in [0.2, 0.25) is 0 Å². The number of rotatable bonds is 8. The summed E-state index contributed by atoms with van der Waals surface area (Å²) in [5.41, 5.74) is 8.30. The maximum absolute atomic E-state index is 13.1. The zero-order valence-electron chi connectivity index (χ0n) is 19.1. The Bertz CT molecular complexity index is 1130. The molecule has 2 aromatic carbocycles. The Morgan fingerprint density at radius 1 is 1.17 bits per heavy atom. The van der Waals surface area contributed by atoms with Gasteiger partial charge in [-0.3, -0.25) is 9.69 Å². The number of piperazine rings is 1. The fourth-order valence-corrected chi connectivity index (χ4v) is 4.68. The van der Waals surface area contributed by atoms with Crippen molar-refractivity contribution >= 4 is 39.4 Å². The summed E-state index contributed by atoms with van der Waals surface area (Å²) in [6.45, 7) is 6.39. The smallest absolute Gasteiger partial charge is 0.235 e. The van der Waals surface area contributed by atoms with E-state index in [0.717, 1.165) is 48.9 Å². The molecule has 1 aliphatic rings. The van der Waals surface area contributed by atoms with Gasteiger partial charge >= 0.3 is 0 Å². The highest BCUT2D eigenvalue weighted by atomic mass is 32.1.